The second kappa shape index (κ2) is 6.85. The molecule has 0 saturated heterocycles. The molecule has 0 radical (unpaired) electrons. The number of pyridine rings is 1. The van der Waals surface area contributed by atoms with Crippen molar-refractivity contribution < 1.29 is 4.74 Å². The molecule has 2 rings (SSSR count). The van der Waals surface area contributed by atoms with Crippen molar-refractivity contribution in [1.29, 1.82) is 0 Å². The highest BCUT2D eigenvalue weighted by molar-refractivity contribution is 6.30. The summed E-state index contributed by atoms with van der Waals surface area (Å²) in [5, 5.41) is 1.71. The van der Waals surface area contributed by atoms with Gasteiger partial charge in [0, 0.05) is 30.6 Å². The van der Waals surface area contributed by atoms with Crippen molar-refractivity contribution in [2.24, 2.45) is 0 Å². The van der Waals surface area contributed by atoms with Gasteiger partial charge in [0.05, 0.1) is 12.1 Å². The molecule has 102 valence electrons. The number of hydrogen-bond donors (Lipinski definition) is 0. The molecule has 0 spiro atoms. The summed E-state index contributed by atoms with van der Waals surface area (Å²) in [6.07, 6.45) is 0. The van der Waals surface area contributed by atoms with Crippen LogP contribution in [0.4, 0.5) is 0 Å². The van der Waals surface area contributed by atoms with E-state index >= 15 is 0 Å². The SMILES string of the molecule is CCOCCN(C)Cc1cc2ccccc2nc1Cl. The van der Waals surface area contributed by atoms with Gasteiger partial charge in [-0.05, 0) is 26.1 Å². The zero-order chi connectivity index (χ0) is 13.7. The van der Waals surface area contributed by atoms with Crippen LogP contribution in [0.3, 0.4) is 0 Å². The molecule has 0 atom stereocenters. The van der Waals surface area contributed by atoms with E-state index in [1.807, 2.05) is 25.1 Å². The predicted octanol–water partition coefficient (Wildman–Crippen LogP) is 3.36. The van der Waals surface area contributed by atoms with Gasteiger partial charge in [0.15, 0.2) is 0 Å². The fourth-order valence-electron chi connectivity index (χ4n) is 1.98. The number of likely N-dealkylation sites (N-methyl/N-ethyl adjacent to an activating group) is 1. The maximum atomic E-state index is 6.24. The van der Waals surface area contributed by atoms with Gasteiger partial charge in [-0.15, -0.1) is 0 Å². The Kier molecular flexibility index (Phi) is 5.14. The lowest BCUT2D eigenvalue weighted by Crippen LogP contribution is -2.23. The van der Waals surface area contributed by atoms with Crippen LogP contribution in [0.2, 0.25) is 5.15 Å². The van der Waals surface area contributed by atoms with E-state index in [1.54, 1.807) is 0 Å². The number of rotatable bonds is 6. The van der Waals surface area contributed by atoms with Gasteiger partial charge in [-0.25, -0.2) is 4.98 Å². The molecule has 1 aromatic carbocycles. The number of para-hydroxylation sites is 1. The lowest BCUT2D eigenvalue weighted by molar-refractivity contribution is 0.120. The first-order chi connectivity index (χ1) is 9.20. The zero-order valence-corrected chi connectivity index (χ0v) is 12.2. The van der Waals surface area contributed by atoms with E-state index in [-0.39, 0.29) is 0 Å². The average Bonchev–Trinajstić information content (AvgIpc) is 2.40. The first kappa shape index (κ1) is 14.3. The smallest absolute Gasteiger partial charge is 0.134 e. The van der Waals surface area contributed by atoms with E-state index < -0.39 is 0 Å². The highest BCUT2D eigenvalue weighted by atomic mass is 35.5. The van der Waals surface area contributed by atoms with E-state index in [1.165, 1.54) is 0 Å². The van der Waals surface area contributed by atoms with Crippen molar-refractivity contribution in [2.45, 2.75) is 13.5 Å². The molecule has 0 N–H and O–H groups in total. The quantitative estimate of drug-likeness (QED) is 0.598. The first-order valence-electron chi connectivity index (χ1n) is 6.51. The van der Waals surface area contributed by atoms with Crippen molar-refractivity contribution in [3.63, 3.8) is 0 Å². The fourth-order valence-corrected chi connectivity index (χ4v) is 2.19. The summed E-state index contributed by atoms with van der Waals surface area (Å²) in [6.45, 7) is 5.17. The molecule has 0 aliphatic rings. The molecule has 2 aromatic rings. The van der Waals surface area contributed by atoms with Crippen molar-refractivity contribution in [3.05, 3.63) is 41.0 Å². The van der Waals surface area contributed by atoms with Gasteiger partial charge in [0.1, 0.15) is 5.15 Å². The Hall–Kier alpha value is -1.16. The molecule has 0 aliphatic heterocycles. The number of benzene rings is 1. The topological polar surface area (TPSA) is 25.4 Å². The van der Waals surface area contributed by atoms with Crippen LogP contribution in [0.1, 0.15) is 12.5 Å². The Bertz CT molecular complexity index is 545. The van der Waals surface area contributed by atoms with Crippen molar-refractivity contribution in [3.8, 4) is 0 Å². The number of fused-ring (bicyclic) bond motifs is 1. The molecule has 0 saturated carbocycles. The summed E-state index contributed by atoms with van der Waals surface area (Å²) in [4.78, 5) is 6.62. The van der Waals surface area contributed by atoms with Crippen molar-refractivity contribution in [2.75, 3.05) is 26.8 Å². The highest BCUT2D eigenvalue weighted by Crippen LogP contribution is 2.21. The minimum absolute atomic E-state index is 0.585. The van der Waals surface area contributed by atoms with Crippen LogP contribution >= 0.6 is 11.6 Å². The largest absolute Gasteiger partial charge is 0.380 e. The van der Waals surface area contributed by atoms with Crippen LogP contribution < -0.4 is 0 Å². The van der Waals surface area contributed by atoms with Gasteiger partial charge in [-0.2, -0.15) is 0 Å². The molecular weight excluding hydrogens is 260 g/mol. The molecule has 0 amide bonds. The van der Waals surface area contributed by atoms with Crippen LogP contribution in [-0.4, -0.2) is 36.7 Å². The third-order valence-corrected chi connectivity index (χ3v) is 3.34. The lowest BCUT2D eigenvalue weighted by atomic mass is 10.1. The van der Waals surface area contributed by atoms with Gasteiger partial charge in [-0.1, -0.05) is 29.8 Å². The minimum atomic E-state index is 0.585. The molecular formula is C15H19ClN2O. The van der Waals surface area contributed by atoms with E-state index in [2.05, 4.69) is 29.1 Å². The molecule has 0 unspecified atom stereocenters. The minimum Gasteiger partial charge on any atom is -0.380 e. The van der Waals surface area contributed by atoms with Gasteiger partial charge in [0.2, 0.25) is 0 Å². The van der Waals surface area contributed by atoms with Gasteiger partial charge in [-0.3, -0.25) is 4.90 Å². The Morgan fingerprint density at radius 3 is 2.89 bits per heavy atom. The summed E-state index contributed by atoms with van der Waals surface area (Å²) in [5.74, 6) is 0. The molecule has 4 heteroatoms. The van der Waals surface area contributed by atoms with Gasteiger partial charge < -0.3 is 4.74 Å². The average molecular weight is 279 g/mol. The van der Waals surface area contributed by atoms with Crippen LogP contribution in [0.5, 0.6) is 0 Å². The van der Waals surface area contributed by atoms with Crippen molar-refractivity contribution in [1.82, 2.24) is 9.88 Å². The third kappa shape index (κ3) is 3.90. The number of ether oxygens (including phenoxy) is 1. The monoisotopic (exact) mass is 278 g/mol. The fraction of sp³-hybridized carbons (Fsp3) is 0.400. The van der Waals surface area contributed by atoms with Crippen LogP contribution in [-0.2, 0) is 11.3 Å². The summed E-state index contributed by atoms with van der Waals surface area (Å²) < 4.78 is 5.35. The number of hydrogen-bond acceptors (Lipinski definition) is 3. The highest BCUT2D eigenvalue weighted by Gasteiger charge is 2.07. The Balaban J connectivity index is 2.09. The molecule has 19 heavy (non-hydrogen) atoms. The van der Waals surface area contributed by atoms with E-state index in [4.69, 9.17) is 16.3 Å². The summed E-state index contributed by atoms with van der Waals surface area (Å²) in [7, 11) is 2.06. The number of aromatic nitrogens is 1. The summed E-state index contributed by atoms with van der Waals surface area (Å²) >= 11 is 6.24. The molecule has 3 nitrogen and oxygen atoms in total. The number of nitrogens with zero attached hydrogens (tertiary/aromatic N) is 2. The van der Waals surface area contributed by atoms with E-state index in [0.29, 0.717) is 5.15 Å². The third-order valence-electron chi connectivity index (χ3n) is 3.01. The standard InChI is InChI=1S/C15H19ClN2O/c1-3-19-9-8-18(2)11-13-10-12-6-4-5-7-14(12)17-15(13)16/h4-7,10H,3,8-9,11H2,1-2H3. The second-order valence-corrected chi connectivity index (χ2v) is 4.92. The maximum absolute atomic E-state index is 6.24. The Morgan fingerprint density at radius 2 is 2.11 bits per heavy atom. The van der Waals surface area contributed by atoms with Crippen LogP contribution in [0.25, 0.3) is 10.9 Å². The molecule has 1 aromatic heterocycles. The summed E-state index contributed by atoms with van der Waals surface area (Å²) in [6, 6.07) is 10.1. The van der Waals surface area contributed by atoms with Crippen molar-refractivity contribution >= 4 is 22.5 Å². The van der Waals surface area contributed by atoms with Crippen LogP contribution in [0, 0.1) is 0 Å². The maximum Gasteiger partial charge on any atom is 0.134 e. The van der Waals surface area contributed by atoms with Gasteiger partial charge in [0.25, 0.3) is 0 Å². The molecule has 1 heterocycles. The van der Waals surface area contributed by atoms with E-state index in [0.717, 1.165) is 42.8 Å². The van der Waals surface area contributed by atoms with E-state index in [9.17, 15) is 0 Å². The molecule has 0 aliphatic carbocycles. The first-order valence-corrected chi connectivity index (χ1v) is 6.89. The molecule has 0 bridgehead atoms. The van der Waals surface area contributed by atoms with Gasteiger partial charge >= 0.3 is 0 Å². The predicted molar refractivity (Wildman–Crippen MR) is 79.6 cm³/mol. The second-order valence-electron chi connectivity index (χ2n) is 4.57. The lowest BCUT2D eigenvalue weighted by Gasteiger charge is -2.17. The Morgan fingerprint density at radius 1 is 1.32 bits per heavy atom. The zero-order valence-electron chi connectivity index (χ0n) is 11.4. The van der Waals surface area contributed by atoms with Crippen LogP contribution in [0.15, 0.2) is 30.3 Å². The molecule has 0 fully saturated rings. The number of halogens is 1. The normalized spacial score (nSPS) is 11.4. The summed E-state index contributed by atoms with van der Waals surface area (Å²) in [5.41, 5.74) is 1.99. The Labute approximate surface area is 119 Å².